The Morgan fingerprint density at radius 3 is 2.54 bits per heavy atom. The van der Waals surface area contributed by atoms with Gasteiger partial charge in [-0.15, -0.1) is 0 Å². The summed E-state index contributed by atoms with van der Waals surface area (Å²) in [6, 6.07) is 16.7. The van der Waals surface area contributed by atoms with Crippen molar-refractivity contribution in [1.29, 1.82) is 0 Å². The zero-order valence-corrected chi connectivity index (χ0v) is 20.5. The van der Waals surface area contributed by atoms with E-state index in [4.69, 9.17) is 11.6 Å². The average Bonchev–Trinajstić information content (AvgIpc) is 3.47. The van der Waals surface area contributed by atoms with Gasteiger partial charge in [-0.1, -0.05) is 35.9 Å². The number of halogens is 1. The Kier molecular flexibility index (Phi) is 6.23. The molecule has 5 rings (SSSR count). The minimum Gasteiger partial charge on any atom is -0.324 e. The Labute approximate surface area is 208 Å². The molecule has 4 aromatic rings. The highest BCUT2D eigenvalue weighted by Crippen LogP contribution is 2.29. The zero-order valence-electron chi connectivity index (χ0n) is 19.8. The second-order valence-electron chi connectivity index (χ2n) is 8.91. The first kappa shape index (κ1) is 23.0. The van der Waals surface area contributed by atoms with Crippen LogP contribution in [-0.4, -0.2) is 64.3 Å². The number of fused-ring (bicyclic) bond motifs is 1. The molecule has 0 spiro atoms. The third-order valence-electron chi connectivity index (χ3n) is 6.14. The highest BCUT2D eigenvalue weighted by Gasteiger charge is 2.23. The number of anilines is 1. The van der Waals surface area contributed by atoms with E-state index in [1.807, 2.05) is 84.4 Å². The molecule has 1 amide bonds. The molecule has 3 heterocycles. The van der Waals surface area contributed by atoms with Crippen LogP contribution in [0.4, 0.5) is 5.69 Å². The maximum atomic E-state index is 13.1. The largest absolute Gasteiger partial charge is 0.324 e. The van der Waals surface area contributed by atoms with Crippen LogP contribution < -0.4 is 5.32 Å². The molecule has 1 aliphatic heterocycles. The van der Waals surface area contributed by atoms with Crippen LogP contribution in [-0.2, 0) is 4.79 Å². The monoisotopic (exact) mass is 487 g/mol. The third kappa shape index (κ3) is 4.76. The van der Waals surface area contributed by atoms with Crippen molar-refractivity contribution in [2.24, 2.45) is 5.10 Å². The average molecular weight is 488 g/mol. The lowest BCUT2D eigenvalue weighted by Gasteiger charge is -2.24. The van der Waals surface area contributed by atoms with Gasteiger partial charge < -0.3 is 5.32 Å². The maximum Gasteiger partial charge on any atom is 0.246 e. The van der Waals surface area contributed by atoms with Crippen molar-refractivity contribution < 1.29 is 4.79 Å². The van der Waals surface area contributed by atoms with Gasteiger partial charge in [-0.25, -0.2) is 9.50 Å². The molecule has 2 atom stereocenters. The number of benzene rings is 2. The Bertz CT molecular complexity index is 1380. The molecule has 2 aromatic heterocycles. The van der Waals surface area contributed by atoms with Crippen LogP contribution in [0, 0.1) is 0 Å². The number of nitrogens with zero attached hydrogens (tertiary/aromatic N) is 6. The van der Waals surface area contributed by atoms with Gasteiger partial charge in [-0.05, 0) is 55.6 Å². The number of nitrogens with one attached hydrogen (secondary N) is 1. The van der Waals surface area contributed by atoms with Crippen LogP contribution in [0.5, 0.6) is 0 Å². The minimum atomic E-state index is -0.439. The predicted octanol–water partition coefficient (Wildman–Crippen LogP) is 4.31. The number of carbonyl (C=O) groups excluding carboxylic acids is 1. The first-order valence-electron chi connectivity index (χ1n) is 11.3. The summed E-state index contributed by atoms with van der Waals surface area (Å²) in [4.78, 5) is 19.5. The number of carbonyl (C=O) groups is 1. The van der Waals surface area contributed by atoms with Gasteiger partial charge in [0.15, 0.2) is 0 Å². The number of hydrogen-bond acceptors (Lipinski definition) is 6. The van der Waals surface area contributed by atoms with E-state index in [0.717, 1.165) is 34.4 Å². The van der Waals surface area contributed by atoms with Crippen LogP contribution in [0.25, 0.3) is 16.8 Å². The molecule has 0 saturated heterocycles. The number of rotatable bonds is 6. The van der Waals surface area contributed by atoms with Gasteiger partial charge in [0.05, 0.1) is 11.2 Å². The Hall–Kier alpha value is -3.75. The van der Waals surface area contributed by atoms with Crippen molar-refractivity contribution in [1.82, 2.24) is 24.5 Å². The lowest BCUT2D eigenvalue weighted by molar-refractivity contribution is -0.120. The second kappa shape index (κ2) is 9.48. The van der Waals surface area contributed by atoms with E-state index in [1.165, 1.54) is 0 Å². The normalized spacial score (nSPS) is 16.3. The minimum absolute atomic E-state index is 0.117. The van der Waals surface area contributed by atoms with Crippen molar-refractivity contribution in [3.8, 4) is 11.3 Å². The fourth-order valence-electron chi connectivity index (χ4n) is 4.39. The van der Waals surface area contributed by atoms with Gasteiger partial charge in [0.25, 0.3) is 0 Å². The molecule has 2 unspecified atom stereocenters. The lowest BCUT2D eigenvalue weighted by atomic mass is 10.0. The smallest absolute Gasteiger partial charge is 0.246 e. The van der Waals surface area contributed by atoms with Gasteiger partial charge in [0.2, 0.25) is 5.91 Å². The fraction of sp³-hybridized carbons (Fsp3) is 0.231. The van der Waals surface area contributed by atoms with Crippen molar-refractivity contribution in [3.05, 3.63) is 83.3 Å². The number of likely N-dealkylation sites (N-methyl/N-ethyl adjacent to an activating group) is 2. The Balaban J connectivity index is 1.37. The molecule has 1 N–H and O–H groups in total. The van der Waals surface area contributed by atoms with E-state index in [9.17, 15) is 4.79 Å². The summed E-state index contributed by atoms with van der Waals surface area (Å²) in [6.45, 7) is 0.845. The summed E-state index contributed by atoms with van der Waals surface area (Å²) >= 11 is 6.01. The van der Waals surface area contributed by atoms with Gasteiger partial charge in [0, 0.05) is 48.2 Å². The number of hydrogen-bond donors (Lipinski definition) is 1. The summed E-state index contributed by atoms with van der Waals surface area (Å²) in [7, 11) is 5.72. The van der Waals surface area contributed by atoms with E-state index in [0.29, 0.717) is 10.7 Å². The molecule has 0 fully saturated rings. The van der Waals surface area contributed by atoms with Crippen LogP contribution in [0.1, 0.15) is 23.1 Å². The Morgan fingerprint density at radius 1 is 1.14 bits per heavy atom. The van der Waals surface area contributed by atoms with Crippen LogP contribution in [0.3, 0.4) is 0 Å². The first-order chi connectivity index (χ1) is 16.9. The summed E-state index contributed by atoms with van der Waals surface area (Å²) in [5, 5.41) is 14.3. The molecule has 0 aliphatic carbocycles. The molecule has 8 nitrogen and oxygen atoms in total. The SMILES string of the molecule is CN1CC(c2cc3c(-c4ccc(NC(=O)C(c5ccc(Cl)cc5)N(C)C)cc4)ncnn3c2)C=N1. The molecule has 0 bridgehead atoms. The molecule has 0 radical (unpaired) electrons. The number of hydrazone groups is 1. The molecular weight excluding hydrogens is 462 g/mol. The molecular formula is C26H26ClN7O. The lowest BCUT2D eigenvalue weighted by Crippen LogP contribution is -2.32. The zero-order chi connectivity index (χ0) is 24.5. The fourth-order valence-corrected chi connectivity index (χ4v) is 4.52. The van der Waals surface area contributed by atoms with Gasteiger partial charge in [-0.3, -0.25) is 14.7 Å². The predicted molar refractivity (Wildman–Crippen MR) is 139 cm³/mol. The van der Waals surface area contributed by atoms with E-state index >= 15 is 0 Å². The van der Waals surface area contributed by atoms with E-state index in [-0.39, 0.29) is 11.8 Å². The summed E-state index contributed by atoms with van der Waals surface area (Å²) in [5.74, 6) is 0.117. The third-order valence-corrected chi connectivity index (χ3v) is 6.39. The van der Waals surface area contributed by atoms with Gasteiger partial charge >= 0.3 is 0 Å². The van der Waals surface area contributed by atoms with Crippen LogP contribution in [0.2, 0.25) is 5.02 Å². The van der Waals surface area contributed by atoms with Crippen molar-refractivity contribution in [2.45, 2.75) is 12.0 Å². The molecule has 35 heavy (non-hydrogen) atoms. The van der Waals surface area contributed by atoms with Crippen molar-refractivity contribution >= 4 is 34.9 Å². The molecule has 0 saturated carbocycles. The Morgan fingerprint density at radius 2 is 1.89 bits per heavy atom. The second-order valence-corrected chi connectivity index (χ2v) is 9.34. The number of aromatic nitrogens is 3. The van der Waals surface area contributed by atoms with Crippen LogP contribution in [0.15, 0.2) is 72.2 Å². The topological polar surface area (TPSA) is 78.1 Å². The quantitative estimate of drug-likeness (QED) is 0.438. The van der Waals surface area contributed by atoms with Crippen molar-refractivity contribution in [3.63, 3.8) is 0 Å². The van der Waals surface area contributed by atoms with E-state index in [1.54, 1.807) is 18.5 Å². The van der Waals surface area contributed by atoms with E-state index < -0.39 is 6.04 Å². The maximum absolute atomic E-state index is 13.1. The van der Waals surface area contributed by atoms with Gasteiger partial charge in [0.1, 0.15) is 12.4 Å². The summed E-state index contributed by atoms with van der Waals surface area (Å²) in [6.07, 6.45) is 5.55. The molecule has 2 aromatic carbocycles. The van der Waals surface area contributed by atoms with Gasteiger partial charge in [-0.2, -0.15) is 10.2 Å². The summed E-state index contributed by atoms with van der Waals surface area (Å²) in [5.41, 5.74) is 5.45. The molecule has 1 aliphatic rings. The molecule has 9 heteroatoms. The van der Waals surface area contributed by atoms with Crippen molar-refractivity contribution in [2.75, 3.05) is 33.0 Å². The molecule has 178 valence electrons. The van der Waals surface area contributed by atoms with Crippen LogP contribution >= 0.6 is 11.6 Å². The highest BCUT2D eigenvalue weighted by molar-refractivity contribution is 6.30. The summed E-state index contributed by atoms with van der Waals surface area (Å²) < 4.78 is 1.85. The van der Waals surface area contributed by atoms with E-state index in [2.05, 4.69) is 26.6 Å². The standard InChI is InChI=1S/C26H26ClN7O/c1-32(2)25(18-4-8-21(27)9-5-18)26(35)31-22-10-6-17(7-11-22)24-23-12-19(15-34(23)30-16-28-24)20-13-29-33(3)14-20/h4-13,15-16,20,25H,14H2,1-3H3,(H,31,35). The first-order valence-corrected chi connectivity index (χ1v) is 11.7. The highest BCUT2D eigenvalue weighted by atomic mass is 35.5. The number of amides is 1.